The molecule has 0 atom stereocenters. The molecule has 20 heavy (non-hydrogen) atoms. The van der Waals surface area contributed by atoms with Crippen LogP contribution in [-0.4, -0.2) is 24.5 Å². The van der Waals surface area contributed by atoms with Crippen LogP contribution in [0, 0.1) is 6.92 Å². The van der Waals surface area contributed by atoms with Crippen molar-refractivity contribution in [2.24, 2.45) is 5.73 Å². The van der Waals surface area contributed by atoms with Gasteiger partial charge in [0.25, 0.3) is 15.9 Å². The summed E-state index contributed by atoms with van der Waals surface area (Å²) in [5.74, 6) is -0.719. The molecule has 0 radical (unpaired) electrons. The Balaban J connectivity index is 2.33. The minimum absolute atomic E-state index is 0.00104. The molecule has 2 rings (SSSR count). The maximum atomic E-state index is 12.2. The van der Waals surface area contributed by atoms with E-state index in [1.54, 1.807) is 19.1 Å². The molecule has 0 saturated carbocycles. The number of H-pyrrole nitrogens is 1. The van der Waals surface area contributed by atoms with Crippen LogP contribution >= 0.6 is 15.9 Å². The van der Waals surface area contributed by atoms with E-state index < -0.39 is 15.9 Å². The van der Waals surface area contributed by atoms with Gasteiger partial charge in [0.1, 0.15) is 5.69 Å². The second kappa shape index (κ2) is 5.25. The Bertz CT molecular complexity index is 770. The number of nitrogens with two attached hydrogens (primary N) is 1. The van der Waals surface area contributed by atoms with Crippen LogP contribution in [0.15, 0.2) is 33.6 Å². The molecule has 0 fully saturated rings. The van der Waals surface area contributed by atoms with Crippen molar-refractivity contribution in [1.29, 1.82) is 0 Å². The summed E-state index contributed by atoms with van der Waals surface area (Å²) in [6.45, 7) is 1.68. The summed E-state index contributed by atoms with van der Waals surface area (Å²) >= 11 is 3.27. The van der Waals surface area contributed by atoms with Crippen LogP contribution in [-0.2, 0) is 10.0 Å². The molecule has 9 heteroatoms. The van der Waals surface area contributed by atoms with Crippen molar-refractivity contribution < 1.29 is 13.2 Å². The second-order valence-electron chi connectivity index (χ2n) is 4.05. The number of halogens is 1. The standard InChI is InChI=1S/C11H11BrN4O3S/c1-6-4-7(12)2-3-9(6)20(18,19)16-10-5-8(11(13)17)14-15-10/h2-5H,1H3,(H2,13,17)(H2,14,15,16). The van der Waals surface area contributed by atoms with E-state index in [1.165, 1.54) is 12.1 Å². The molecule has 1 heterocycles. The highest BCUT2D eigenvalue weighted by molar-refractivity contribution is 9.10. The number of hydrogen-bond donors (Lipinski definition) is 3. The Morgan fingerprint density at radius 1 is 1.40 bits per heavy atom. The number of primary amides is 1. The summed E-state index contributed by atoms with van der Waals surface area (Å²) in [6.07, 6.45) is 0. The topological polar surface area (TPSA) is 118 Å². The normalized spacial score (nSPS) is 11.3. The summed E-state index contributed by atoms with van der Waals surface area (Å²) in [5, 5.41) is 6.01. The molecule has 0 unspecified atom stereocenters. The number of nitrogens with zero attached hydrogens (tertiary/aromatic N) is 1. The van der Waals surface area contributed by atoms with Gasteiger partial charge in [0.15, 0.2) is 5.82 Å². The number of nitrogens with one attached hydrogen (secondary N) is 2. The first-order chi connectivity index (χ1) is 9.29. The van der Waals surface area contributed by atoms with E-state index in [0.717, 1.165) is 4.47 Å². The van der Waals surface area contributed by atoms with Crippen molar-refractivity contribution in [3.05, 3.63) is 40.0 Å². The first-order valence-electron chi connectivity index (χ1n) is 5.44. The molecule has 0 aliphatic heterocycles. The predicted molar refractivity (Wildman–Crippen MR) is 76.8 cm³/mol. The number of carbonyl (C=O) groups is 1. The number of aromatic nitrogens is 2. The monoisotopic (exact) mass is 358 g/mol. The van der Waals surface area contributed by atoms with Crippen LogP contribution in [0.5, 0.6) is 0 Å². The van der Waals surface area contributed by atoms with Crippen molar-refractivity contribution in [2.45, 2.75) is 11.8 Å². The summed E-state index contributed by atoms with van der Waals surface area (Å²) in [4.78, 5) is 11.0. The van der Waals surface area contributed by atoms with Gasteiger partial charge in [-0.2, -0.15) is 5.10 Å². The Morgan fingerprint density at radius 2 is 2.10 bits per heavy atom. The molecular formula is C11H11BrN4O3S. The molecule has 7 nitrogen and oxygen atoms in total. The molecule has 0 saturated heterocycles. The van der Waals surface area contributed by atoms with E-state index in [-0.39, 0.29) is 16.4 Å². The summed E-state index contributed by atoms with van der Waals surface area (Å²) < 4.78 is 27.5. The quantitative estimate of drug-likeness (QED) is 0.764. The van der Waals surface area contributed by atoms with Gasteiger partial charge in [0.05, 0.1) is 4.90 Å². The molecule has 4 N–H and O–H groups in total. The van der Waals surface area contributed by atoms with E-state index in [9.17, 15) is 13.2 Å². The third kappa shape index (κ3) is 2.99. The molecule has 0 bridgehead atoms. The van der Waals surface area contributed by atoms with Crippen molar-refractivity contribution in [2.75, 3.05) is 4.72 Å². The van der Waals surface area contributed by atoms with Gasteiger partial charge in [0.2, 0.25) is 0 Å². The second-order valence-corrected chi connectivity index (χ2v) is 6.61. The van der Waals surface area contributed by atoms with Gasteiger partial charge >= 0.3 is 0 Å². The SMILES string of the molecule is Cc1cc(Br)ccc1S(=O)(=O)Nc1cc(C(N)=O)[nH]n1. The number of sulfonamides is 1. The number of aromatic amines is 1. The number of hydrogen-bond acceptors (Lipinski definition) is 4. The highest BCUT2D eigenvalue weighted by Crippen LogP contribution is 2.22. The Morgan fingerprint density at radius 3 is 2.65 bits per heavy atom. The van der Waals surface area contributed by atoms with Crippen molar-refractivity contribution in [1.82, 2.24) is 10.2 Å². The van der Waals surface area contributed by atoms with Crippen LogP contribution in [0.25, 0.3) is 0 Å². The number of benzene rings is 1. The molecule has 106 valence electrons. The summed E-state index contributed by atoms with van der Waals surface area (Å²) in [7, 11) is -3.78. The van der Waals surface area contributed by atoms with Gasteiger partial charge in [-0.05, 0) is 30.7 Å². The lowest BCUT2D eigenvalue weighted by molar-refractivity contribution is 0.0995. The van der Waals surface area contributed by atoms with Gasteiger partial charge in [-0.15, -0.1) is 0 Å². The molecule has 0 aliphatic carbocycles. The third-order valence-electron chi connectivity index (χ3n) is 2.51. The molecule has 0 spiro atoms. The molecule has 1 amide bonds. The first kappa shape index (κ1) is 14.5. The van der Waals surface area contributed by atoms with Crippen LogP contribution in [0.3, 0.4) is 0 Å². The molecular weight excluding hydrogens is 348 g/mol. The van der Waals surface area contributed by atoms with Crippen LogP contribution in [0.4, 0.5) is 5.82 Å². The summed E-state index contributed by atoms with van der Waals surface area (Å²) in [6, 6.07) is 6.02. The lowest BCUT2D eigenvalue weighted by atomic mass is 10.2. The smallest absolute Gasteiger partial charge is 0.266 e. The number of carbonyl (C=O) groups excluding carboxylic acids is 1. The highest BCUT2D eigenvalue weighted by Gasteiger charge is 2.19. The zero-order valence-corrected chi connectivity index (χ0v) is 12.7. The largest absolute Gasteiger partial charge is 0.364 e. The van der Waals surface area contributed by atoms with Crippen LogP contribution in [0.2, 0.25) is 0 Å². The Kier molecular flexibility index (Phi) is 3.82. The van der Waals surface area contributed by atoms with Gasteiger partial charge in [-0.25, -0.2) is 8.42 Å². The van der Waals surface area contributed by atoms with E-state index in [4.69, 9.17) is 5.73 Å². The van der Waals surface area contributed by atoms with Gasteiger partial charge in [0, 0.05) is 10.5 Å². The lowest BCUT2D eigenvalue weighted by Gasteiger charge is -2.08. The van der Waals surface area contributed by atoms with E-state index in [0.29, 0.717) is 5.56 Å². The lowest BCUT2D eigenvalue weighted by Crippen LogP contribution is -2.14. The fourth-order valence-electron chi connectivity index (χ4n) is 1.61. The van der Waals surface area contributed by atoms with E-state index in [2.05, 4.69) is 30.8 Å². The zero-order chi connectivity index (χ0) is 14.9. The number of rotatable bonds is 4. The fraction of sp³-hybridized carbons (Fsp3) is 0.0909. The maximum absolute atomic E-state index is 12.2. The Labute approximate surface area is 123 Å². The molecule has 0 aliphatic rings. The minimum Gasteiger partial charge on any atom is -0.364 e. The van der Waals surface area contributed by atoms with E-state index in [1.807, 2.05) is 0 Å². The van der Waals surface area contributed by atoms with Crippen molar-refractivity contribution >= 4 is 37.7 Å². The third-order valence-corrected chi connectivity index (χ3v) is 4.52. The number of anilines is 1. The fourth-order valence-corrected chi connectivity index (χ4v) is 3.30. The summed E-state index contributed by atoms with van der Waals surface area (Å²) in [5.41, 5.74) is 5.65. The molecule has 1 aromatic carbocycles. The van der Waals surface area contributed by atoms with E-state index >= 15 is 0 Å². The minimum atomic E-state index is -3.78. The van der Waals surface area contributed by atoms with Crippen LogP contribution in [0.1, 0.15) is 16.1 Å². The van der Waals surface area contributed by atoms with Gasteiger partial charge < -0.3 is 5.73 Å². The Hall–Kier alpha value is -1.87. The average Bonchev–Trinajstić information content (AvgIpc) is 2.76. The van der Waals surface area contributed by atoms with Crippen LogP contribution < -0.4 is 10.5 Å². The number of aryl methyl sites for hydroxylation is 1. The first-order valence-corrected chi connectivity index (χ1v) is 7.71. The van der Waals surface area contributed by atoms with Gasteiger partial charge in [-0.3, -0.25) is 14.6 Å². The van der Waals surface area contributed by atoms with Crippen molar-refractivity contribution in [3.8, 4) is 0 Å². The highest BCUT2D eigenvalue weighted by atomic mass is 79.9. The maximum Gasteiger partial charge on any atom is 0.266 e. The van der Waals surface area contributed by atoms with Gasteiger partial charge in [-0.1, -0.05) is 15.9 Å². The number of amides is 1. The predicted octanol–water partition coefficient (Wildman–Crippen LogP) is 1.38. The molecule has 1 aromatic heterocycles. The van der Waals surface area contributed by atoms with Crippen molar-refractivity contribution in [3.63, 3.8) is 0 Å². The average molecular weight is 359 g/mol. The zero-order valence-electron chi connectivity index (χ0n) is 10.3. The molecule has 2 aromatic rings.